The summed E-state index contributed by atoms with van der Waals surface area (Å²) in [6, 6.07) is 17.3. The molecule has 0 radical (unpaired) electrons. The van der Waals surface area contributed by atoms with Crippen LogP contribution < -0.4 is 10.0 Å². The molecule has 0 aliphatic carbocycles. The Morgan fingerprint density at radius 1 is 1.03 bits per heavy atom. The Balaban J connectivity index is 1.49. The number of esters is 1. The highest BCUT2D eigenvalue weighted by atomic mass is 32.2. The molecule has 9 heteroatoms. The fraction of sp³-hybridized carbons (Fsp3) is 0.231. The second-order valence-electron chi connectivity index (χ2n) is 8.57. The van der Waals surface area contributed by atoms with Crippen molar-refractivity contribution in [2.24, 2.45) is 10.9 Å². The highest BCUT2D eigenvalue weighted by Gasteiger charge is 2.31. The number of carbonyl (C=O) groups excluding carboxylic acids is 1. The molecule has 7 nitrogen and oxygen atoms in total. The number of rotatable bonds is 6. The van der Waals surface area contributed by atoms with Gasteiger partial charge in [-0.25, -0.2) is 27.3 Å². The first-order valence-corrected chi connectivity index (χ1v) is 12.9. The van der Waals surface area contributed by atoms with E-state index in [9.17, 15) is 17.6 Å². The monoisotopic (exact) mass is 493 g/mol. The SMILES string of the molecule is O=C1OC(c2cccc3ccccc23)=NC1=CC(NS(=O)(=O)c1ccc(F)cc1)C1CCNCC1. The Morgan fingerprint density at radius 3 is 2.51 bits per heavy atom. The Bertz CT molecular complexity index is 1420. The number of sulfonamides is 1. The van der Waals surface area contributed by atoms with Crippen LogP contribution in [0.2, 0.25) is 0 Å². The summed E-state index contributed by atoms with van der Waals surface area (Å²) in [5, 5.41) is 5.14. The minimum Gasteiger partial charge on any atom is -0.402 e. The minimum atomic E-state index is -3.96. The Hall–Kier alpha value is -3.40. The maximum absolute atomic E-state index is 13.3. The Kier molecular flexibility index (Phi) is 6.46. The van der Waals surface area contributed by atoms with Crippen LogP contribution in [0.25, 0.3) is 10.8 Å². The van der Waals surface area contributed by atoms with Crippen molar-refractivity contribution < 1.29 is 22.3 Å². The third-order valence-corrected chi connectivity index (χ3v) is 7.76. The minimum absolute atomic E-state index is 0.0508. The number of ether oxygens (including phenoxy) is 1. The van der Waals surface area contributed by atoms with Crippen LogP contribution in [0.5, 0.6) is 0 Å². The van der Waals surface area contributed by atoms with Gasteiger partial charge in [0.1, 0.15) is 5.82 Å². The van der Waals surface area contributed by atoms with Gasteiger partial charge in [0.15, 0.2) is 5.70 Å². The maximum atomic E-state index is 13.3. The Labute approximate surface area is 202 Å². The van der Waals surface area contributed by atoms with Gasteiger partial charge in [0, 0.05) is 11.6 Å². The van der Waals surface area contributed by atoms with Crippen molar-refractivity contribution in [3.63, 3.8) is 0 Å². The van der Waals surface area contributed by atoms with Gasteiger partial charge >= 0.3 is 5.97 Å². The van der Waals surface area contributed by atoms with Crippen LogP contribution >= 0.6 is 0 Å². The third kappa shape index (κ3) is 5.02. The van der Waals surface area contributed by atoms with E-state index in [0.717, 1.165) is 48.8 Å². The van der Waals surface area contributed by atoms with Gasteiger partial charge in [-0.05, 0) is 79.0 Å². The molecule has 1 atom stereocenters. The van der Waals surface area contributed by atoms with Crippen LogP contribution in [-0.4, -0.2) is 39.4 Å². The number of benzene rings is 3. The second kappa shape index (κ2) is 9.69. The van der Waals surface area contributed by atoms with E-state index >= 15 is 0 Å². The molecule has 35 heavy (non-hydrogen) atoms. The third-order valence-electron chi connectivity index (χ3n) is 6.28. The average Bonchev–Trinajstić information content (AvgIpc) is 3.23. The van der Waals surface area contributed by atoms with Crippen molar-refractivity contribution in [2.75, 3.05) is 13.1 Å². The van der Waals surface area contributed by atoms with E-state index in [-0.39, 0.29) is 22.4 Å². The molecule has 1 saturated heterocycles. The summed E-state index contributed by atoms with van der Waals surface area (Å²) in [6.45, 7) is 1.47. The molecule has 180 valence electrons. The molecule has 2 N–H and O–H groups in total. The van der Waals surface area contributed by atoms with Crippen LogP contribution in [0.4, 0.5) is 4.39 Å². The van der Waals surface area contributed by atoms with E-state index in [1.165, 1.54) is 18.2 Å². The zero-order valence-corrected chi connectivity index (χ0v) is 19.6. The van der Waals surface area contributed by atoms with E-state index in [1.807, 2.05) is 42.5 Å². The fourth-order valence-electron chi connectivity index (χ4n) is 4.45. The van der Waals surface area contributed by atoms with E-state index < -0.39 is 27.9 Å². The van der Waals surface area contributed by atoms with E-state index in [4.69, 9.17) is 4.74 Å². The first-order valence-electron chi connectivity index (χ1n) is 11.4. The summed E-state index contributed by atoms with van der Waals surface area (Å²) in [6.07, 6.45) is 2.97. The lowest BCUT2D eigenvalue weighted by molar-refractivity contribution is -0.130. The summed E-state index contributed by atoms with van der Waals surface area (Å²) in [4.78, 5) is 17.1. The van der Waals surface area contributed by atoms with Gasteiger partial charge in [-0.15, -0.1) is 0 Å². The zero-order chi connectivity index (χ0) is 24.4. The number of nitrogens with zero attached hydrogens (tertiary/aromatic N) is 1. The summed E-state index contributed by atoms with van der Waals surface area (Å²) in [7, 11) is -3.96. The summed E-state index contributed by atoms with van der Waals surface area (Å²) >= 11 is 0. The Morgan fingerprint density at radius 2 is 1.74 bits per heavy atom. The predicted octanol–water partition coefficient (Wildman–Crippen LogP) is 3.51. The quantitative estimate of drug-likeness (QED) is 0.405. The number of hydrogen-bond acceptors (Lipinski definition) is 6. The number of halogens is 1. The van der Waals surface area contributed by atoms with Crippen molar-refractivity contribution >= 4 is 32.7 Å². The van der Waals surface area contributed by atoms with Gasteiger partial charge in [0.05, 0.1) is 4.90 Å². The molecule has 2 heterocycles. The number of cyclic esters (lactones) is 1. The molecule has 0 saturated carbocycles. The molecular weight excluding hydrogens is 469 g/mol. The predicted molar refractivity (Wildman–Crippen MR) is 131 cm³/mol. The molecular formula is C26H24FN3O4S. The molecule has 3 aromatic rings. The lowest BCUT2D eigenvalue weighted by atomic mass is 9.90. The molecule has 0 bridgehead atoms. The van der Waals surface area contributed by atoms with Gasteiger partial charge < -0.3 is 10.1 Å². The molecule has 1 unspecified atom stereocenters. The topological polar surface area (TPSA) is 96.9 Å². The fourth-order valence-corrected chi connectivity index (χ4v) is 5.70. The van der Waals surface area contributed by atoms with Crippen molar-refractivity contribution in [3.8, 4) is 0 Å². The van der Waals surface area contributed by atoms with Gasteiger partial charge in [-0.3, -0.25) is 0 Å². The van der Waals surface area contributed by atoms with Gasteiger partial charge in [-0.2, -0.15) is 0 Å². The second-order valence-corrected chi connectivity index (χ2v) is 10.3. The molecule has 2 aliphatic heterocycles. The van der Waals surface area contributed by atoms with Crippen molar-refractivity contribution in [1.29, 1.82) is 0 Å². The molecule has 0 amide bonds. The number of fused-ring (bicyclic) bond motifs is 1. The summed E-state index contributed by atoms with van der Waals surface area (Å²) < 4.78 is 47.6. The summed E-state index contributed by atoms with van der Waals surface area (Å²) in [5.41, 5.74) is 0.739. The zero-order valence-electron chi connectivity index (χ0n) is 18.8. The van der Waals surface area contributed by atoms with E-state index in [2.05, 4.69) is 15.0 Å². The standard InChI is InChI=1S/C26H24FN3O4S/c27-19-8-10-20(11-9-19)35(32,33)30-23(18-12-14-28-15-13-18)16-24-26(31)34-25(29-24)22-7-3-5-17-4-1-2-6-21(17)22/h1-11,16,18,23,28,30H,12-15H2. The number of carbonyl (C=O) groups is 1. The van der Waals surface area contributed by atoms with Crippen molar-refractivity contribution in [1.82, 2.24) is 10.0 Å². The average molecular weight is 494 g/mol. The van der Waals surface area contributed by atoms with Crippen molar-refractivity contribution in [3.05, 3.63) is 89.9 Å². The van der Waals surface area contributed by atoms with Crippen LogP contribution in [-0.2, 0) is 19.6 Å². The maximum Gasteiger partial charge on any atom is 0.363 e. The van der Waals surface area contributed by atoms with Crippen LogP contribution in [0.3, 0.4) is 0 Å². The van der Waals surface area contributed by atoms with E-state index in [1.54, 1.807) is 0 Å². The molecule has 3 aromatic carbocycles. The highest BCUT2D eigenvalue weighted by Crippen LogP contribution is 2.26. The smallest absolute Gasteiger partial charge is 0.363 e. The number of nitrogens with one attached hydrogen (secondary N) is 2. The van der Waals surface area contributed by atoms with Gasteiger partial charge in [0.2, 0.25) is 15.9 Å². The number of aliphatic imine (C=N–C) groups is 1. The van der Waals surface area contributed by atoms with Gasteiger partial charge in [-0.1, -0.05) is 36.4 Å². The van der Waals surface area contributed by atoms with Crippen LogP contribution in [0, 0.1) is 11.7 Å². The molecule has 0 aromatic heterocycles. The van der Waals surface area contributed by atoms with Crippen molar-refractivity contribution in [2.45, 2.75) is 23.8 Å². The molecule has 0 spiro atoms. The number of hydrogen-bond donors (Lipinski definition) is 2. The van der Waals surface area contributed by atoms with Gasteiger partial charge in [0.25, 0.3) is 0 Å². The van der Waals surface area contributed by atoms with Crippen LogP contribution in [0.1, 0.15) is 18.4 Å². The largest absolute Gasteiger partial charge is 0.402 e. The molecule has 5 rings (SSSR count). The highest BCUT2D eigenvalue weighted by molar-refractivity contribution is 7.89. The number of piperidine rings is 1. The summed E-state index contributed by atoms with van der Waals surface area (Å²) in [5.74, 6) is -1.02. The molecule has 2 aliphatic rings. The molecule has 1 fully saturated rings. The first-order chi connectivity index (χ1) is 16.9. The lowest BCUT2D eigenvalue weighted by Crippen LogP contribution is -2.43. The lowest BCUT2D eigenvalue weighted by Gasteiger charge is -2.29. The van der Waals surface area contributed by atoms with Crippen LogP contribution in [0.15, 0.2) is 88.4 Å². The first kappa shape index (κ1) is 23.3. The normalized spacial score (nSPS) is 19.1. The van der Waals surface area contributed by atoms with E-state index in [0.29, 0.717) is 5.56 Å².